The Kier molecular flexibility index (Phi) is 10.4. The average Bonchev–Trinajstić information content (AvgIpc) is 2.98. The number of aryl methyl sites for hydroxylation is 1. The minimum absolute atomic E-state index is 0.0566. The van der Waals surface area contributed by atoms with Crippen LogP contribution >= 0.6 is 11.6 Å². The lowest BCUT2D eigenvalue weighted by molar-refractivity contribution is -0.140. The first-order chi connectivity index (χ1) is 20.2. The monoisotopic (exact) mass is 603 g/mol. The van der Waals surface area contributed by atoms with Crippen molar-refractivity contribution in [3.8, 4) is 0 Å². The third kappa shape index (κ3) is 7.78. The first kappa shape index (κ1) is 30.8. The van der Waals surface area contributed by atoms with Gasteiger partial charge in [-0.2, -0.15) is 0 Å². The summed E-state index contributed by atoms with van der Waals surface area (Å²) in [7, 11) is -4.13. The number of nitrogens with zero attached hydrogens (tertiary/aromatic N) is 2. The predicted molar refractivity (Wildman–Crippen MR) is 167 cm³/mol. The first-order valence-corrected chi connectivity index (χ1v) is 15.5. The van der Waals surface area contributed by atoms with E-state index < -0.39 is 28.5 Å². The van der Waals surface area contributed by atoms with E-state index in [0.717, 1.165) is 15.4 Å². The van der Waals surface area contributed by atoms with E-state index in [1.807, 2.05) is 56.3 Å². The number of hydrogen-bond acceptors (Lipinski definition) is 4. The number of benzene rings is 4. The normalized spacial score (nSPS) is 11.9. The quantitative estimate of drug-likeness (QED) is 0.228. The number of carbonyl (C=O) groups excluding carboxylic acids is 2. The number of halogens is 1. The summed E-state index contributed by atoms with van der Waals surface area (Å²) in [5.41, 5.74) is 2.78. The largest absolute Gasteiger partial charge is 0.355 e. The van der Waals surface area contributed by atoms with Gasteiger partial charge in [-0.05, 0) is 66.9 Å². The number of likely N-dealkylation sites (N-methyl/N-ethyl adjacent to an activating group) is 1. The van der Waals surface area contributed by atoms with Crippen LogP contribution in [0.2, 0.25) is 5.02 Å². The second kappa shape index (κ2) is 14.2. The summed E-state index contributed by atoms with van der Waals surface area (Å²) in [4.78, 5) is 29.3. The molecule has 1 N–H and O–H groups in total. The van der Waals surface area contributed by atoms with Crippen LogP contribution in [0.1, 0.15) is 23.6 Å². The van der Waals surface area contributed by atoms with Crippen molar-refractivity contribution in [2.75, 3.05) is 17.4 Å². The van der Waals surface area contributed by atoms with Gasteiger partial charge < -0.3 is 10.2 Å². The van der Waals surface area contributed by atoms with E-state index in [-0.39, 0.29) is 23.8 Å². The van der Waals surface area contributed by atoms with E-state index in [0.29, 0.717) is 22.8 Å². The highest BCUT2D eigenvalue weighted by Crippen LogP contribution is 2.26. The molecule has 0 fully saturated rings. The van der Waals surface area contributed by atoms with Gasteiger partial charge in [-0.25, -0.2) is 8.42 Å². The van der Waals surface area contributed by atoms with Crippen LogP contribution in [-0.4, -0.2) is 44.3 Å². The molecule has 4 aromatic rings. The molecule has 0 aromatic heterocycles. The lowest BCUT2D eigenvalue weighted by Gasteiger charge is -2.34. The molecular formula is C33H34ClN3O4S. The van der Waals surface area contributed by atoms with E-state index in [2.05, 4.69) is 5.32 Å². The van der Waals surface area contributed by atoms with Crippen LogP contribution in [0.25, 0.3) is 0 Å². The molecule has 0 spiro atoms. The van der Waals surface area contributed by atoms with Crippen molar-refractivity contribution in [1.29, 1.82) is 0 Å². The highest BCUT2D eigenvalue weighted by molar-refractivity contribution is 7.92. The number of carbonyl (C=O) groups is 2. The molecular weight excluding hydrogens is 570 g/mol. The van der Waals surface area contributed by atoms with Gasteiger partial charge in [0.15, 0.2) is 0 Å². The molecule has 0 saturated heterocycles. The summed E-state index contributed by atoms with van der Waals surface area (Å²) in [6.07, 6.45) is 0.245. The zero-order chi connectivity index (χ0) is 30.1. The van der Waals surface area contributed by atoms with Crippen LogP contribution in [0.3, 0.4) is 0 Å². The molecule has 0 heterocycles. The SMILES string of the molecule is CCNC(=O)[C@@H](Cc1ccccc1)N(Cc1cccc(Cl)c1)C(=O)CN(c1cccc(C)c1)S(=O)(=O)c1ccccc1. The number of amides is 2. The Labute approximate surface area is 252 Å². The fourth-order valence-corrected chi connectivity index (χ4v) is 6.35. The average molecular weight is 604 g/mol. The van der Waals surface area contributed by atoms with Crippen molar-refractivity contribution in [3.05, 3.63) is 131 Å². The Morgan fingerprint density at radius 1 is 0.833 bits per heavy atom. The zero-order valence-electron chi connectivity index (χ0n) is 23.6. The molecule has 0 aliphatic heterocycles. The summed E-state index contributed by atoms with van der Waals surface area (Å²) in [5.74, 6) is -0.854. The van der Waals surface area contributed by atoms with Gasteiger partial charge in [0.1, 0.15) is 12.6 Å². The zero-order valence-corrected chi connectivity index (χ0v) is 25.2. The molecule has 4 aromatic carbocycles. The first-order valence-electron chi connectivity index (χ1n) is 13.7. The molecule has 0 radical (unpaired) electrons. The van der Waals surface area contributed by atoms with Crippen LogP contribution in [0.5, 0.6) is 0 Å². The molecule has 0 saturated carbocycles. The molecule has 218 valence electrons. The van der Waals surface area contributed by atoms with Gasteiger partial charge in [0.2, 0.25) is 11.8 Å². The number of sulfonamides is 1. The van der Waals surface area contributed by atoms with Crippen LogP contribution in [-0.2, 0) is 32.6 Å². The Morgan fingerprint density at radius 2 is 1.48 bits per heavy atom. The maximum atomic E-state index is 14.3. The van der Waals surface area contributed by atoms with Gasteiger partial charge in [-0.15, -0.1) is 0 Å². The van der Waals surface area contributed by atoms with E-state index in [1.165, 1.54) is 17.0 Å². The van der Waals surface area contributed by atoms with Gasteiger partial charge in [0.25, 0.3) is 10.0 Å². The molecule has 0 aliphatic carbocycles. The van der Waals surface area contributed by atoms with Crippen molar-refractivity contribution < 1.29 is 18.0 Å². The molecule has 2 amide bonds. The lowest BCUT2D eigenvalue weighted by atomic mass is 10.0. The van der Waals surface area contributed by atoms with E-state index in [1.54, 1.807) is 54.6 Å². The summed E-state index contributed by atoms with van der Waals surface area (Å²) in [6.45, 7) is 3.59. The molecule has 4 rings (SSSR count). The predicted octanol–water partition coefficient (Wildman–Crippen LogP) is 5.62. The third-order valence-electron chi connectivity index (χ3n) is 6.76. The van der Waals surface area contributed by atoms with Crippen LogP contribution in [0, 0.1) is 6.92 Å². The molecule has 0 bridgehead atoms. The molecule has 7 nitrogen and oxygen atoms in total. The van der Waals surface area contributed by atoms with Gasteiger partial charge in [0.05, 0.1) is 10.6 Å². The number of nitrogens with one attached hydrogen (secondary N) is 1. The Balaban J connectivity index is 1.79. The highest BCUT2D eigenvalue weighted by atomic mass is 35.5. The van der Waals surface area contributed by atoms with Gasteiger partial charge >= 0.3 is 0 Å². The maximum absolute atomic E-state index is 14.3. The highest BCUT2D eigenvalue weighted by Gasteiger charge is 2.34. The Bertz CT molecular complexity index is 1610. The van der Waals surface area contributed by atoms with E-state index in [4.69, 9.17) is 11.6 Å². The molecule has 42 heavy (non-hydrogen) atoms. The second-order valence-corrected chi connectivity index (χ2v) is 12.2. The van der Waals surface area contributed by atoms with Crippen molar-refractivity contribution in [2.45, 2.75) is 37.8 Å². The standard InChI is InChI=1S/C33H34ClN3O4S/c1-3-35-33(39)31(22-26-13-6-4-7-14-26)36(23-27-15-11-16-28(34)21-27)32(38)24-37(29-17-10-12-25(2)20-29)42(40,41)30-18-8-5-9-19-30/h4-21,31H,3,22-24H2,1-2H3,(H,35,39)/t31-/m1/s1. The summed E-state index contributed by atoms with van der Waals surface area (Å²) in [5, 5.41) is 3.35. The van der Waals surface area contributed by atoms with Gasteiger partial charge in [-0.3, -0.25) is 13.9 Å². The fraction of sp³-hybridized carbons (Fsp3) is 0.212. The van der Waals surface area contributed by atoms with Crippen molar-refractivity contribution in [3.63, 3.8) is 0 Å². The summed E-state index contributed by atoms with van der Waals surface area (Å²) >= 11 is 6.27. The number of hydrogen-bond donors (Lipinski definition) is 1. The Morgan fingerprint density at radius 3 is 2.12 bits per heavy atom. The Hall–Kier alpha value is -4.14. The van der Waals surface area contributed by atoms with E-state index >= 15 is 0 Å². The third-order valence-corrected chi connectivity index (χ3v) is 8.79. The summed E-state index contributed by atoms with van der Waals surface area (Å²) in [6, 6.07) is 30.6. The van der Waals surface area contributed by atoms with Crippen LogP contribution < -0.4 is 9.62 Å². The minimum Gasteiger partial charge on any atom is -0.355 e. The molecule has 9 heteroatoms. The van der Waals surface area contributed by atoms with Crippen LogP contribution in [0.15, 0.2) is 114 Å². The number of rotatable bonds is 12. The fourth-order valence-electron chi connectivity index (χ4n) is 4.71. The van der Waals surface area contributed by atoms with Gasteiger partial charge in [0, 0.05) is 24.5 Å². The van der Waals surface area contributed by atoms with Crippen molar-refractivity contribution >= 4 is 39.1 Å². The molecule has 0 unspecified atom stereocenters. The lowest BCUT2D eigenvalue weighted by Crippen LogP contribution is -2.53. The minimum atomic E-state index is -4.13. The van der Waals surface area contributed by atoms with Crippen LogP contribution in [0.4, 0.5) is 5.69 Å². The number of anilines is 1. The van der Waals surface area contributed by atoms with E-state index in [9.17, 15) is 18.0 Å². The topological polar surface area (TPSA) is 86.8 Å². The second-order valence-electron chi connectivity index (χ2n) is 9.92. The van der Waals surface area contributed by atoms with Crippen molar-refractivity contribution in [2.24, 2.45) is 0 Å². The molecule has 1 atom stereocenters. The smallest absolute Gasteiger partial charge is 0.264 e. The van der Waals surface area contributed by atoms with Gasteiger partial charge in [-0.1, -0.05) is 84.4 Å². The maximum Gasteiger partial charge on any atom is 0.264 e. The van der Waals surface area contributed by atoms with Crippen molar-refractivity contribution in [1.82, 2.24) is 10.2 Å². The summed E-state index contributed by atoms with van der Waals surface area (Å²) < 4.78 is 29.0. The molecule has 0 aliphatic rings.